The normalized spacial score (nSPS) is 10.0. The van der Waals surface area contributed by atoms with E-state index in [0.717, 1.165) is 24.5 Å². The number of carbonyl (C=O) groups is 1. The van der Waals surface area contributed by atoms with Gasteiger partial charge in [0, 0.05) is 31.9 Å². The SMILES string of the molecule is CCNc1ncc(C)c(N(CC)CC(=O)NC)n1. The second-order valence-electron chi connectivity index (χ2n) is 3.92. The number of hydrogen-bond acceptors (Lipinski definition) is 5. The number of rotatable bonds is 6. The van der Waals surface area contributed by atoms with Gasteiger partial charge in [-0.1, -0.05) is 0 Å². The molecule has 0 atom stereocenters. The minimum Gasteiger partial charge on any atom is -0.358 e. The largest absolute Gasteiger partial charge is 0.358 e. The van der Waals surface area contributed by atoms with Gasteiger partial charge in [-0.3, -0.25) is 4.79 Å². The maximum Gasteiger partial charge on any atom is 0.239 e. The van der Waals surface area contributed by atoms with E-state index in [4.69, 9.17) is 0 Å². The first kappa shape index (κ1) is 14.2. The molecule has 18 heavy (non-hydrogen) atoms. The van der Waals surface area contributed by atoms with E-state index in [9.17, 15) is 4.79 Å². The fourth-order valence-corrected chi connectivity index (χ4v) is 1.59. The van der Waals surface area contributed by atoms with Crippen molar-refractivity contribution in [3.63, 3.8) is 0 Å². The quantitative estimate of drug-likeness (QED) is 0.782. The topological polar surface area (TPSA) is 70.2 Å². The third-order valence-electron chi connectivity index (χ3n) is 2.57. The molecule has 0 aliphatic heterocycles. The highest BCUT2D eigenvalue weighted by Crippen LogP contribution is 2.17. The predicted molar refractivity (Wildman–Crippen MR) is 72.9 cm³/mol. The van der Waals surface area contributed by atoms with Crippen LogP contribution in [0.3, 0.4) is 0 Å². The van der Waals surface area contributed by atoms with E-state index in [1.807, 2.05) is 25.7 Å². The molecule has 6 heteroatoms. The van der Waals surface area contributed by atoms with E-state index in [1.165, 1.54) is 0 Å². The fourth-order valence-electron chi connectivity index (χ4n) is 1.59. The standard InChI is InChI=1S/C12H21N5O/c1-5-14-12-15-7-9(3)11(16-12)17(6-2)8-10(18)13-4/h7H,5-6,8H2,1-4H3,(H,13,18)(H,14,15,16). The Balaban J connectivity index is 2.96. The summed E-state index contributed by atoms with van der Waals surface area (Å²) in [5, 5.41) is 5.69. The fraction of sp³-hybridized carbons (Fsp3) is 0.583. The summed E-state index contributed by atoms with van der Waals surface area (Å²) < 4.78 is 0. The van der Waals surface area contributed by atoms with E-state index in [-0.39, 0.29) is 5.91 Å². The van der Waals surface area contributed by atoms with Gasteiger partial charge < -0.3 is 15.5 Å². The summed E-state index contributed by atoms with van der Waals surface area (Å²) in [5.74, 6) is 1.36. The first-order chi connectivity index (χ1) is 8.62. The molecule has 0 aliphatic carbocycles. The molecule has 100 valence electrons. The highest BCUT2D eigenvalue weighted by atomic mass is 16.1. The monoisotopic (exact) mass is 251 g/mol. The zero-order valence-corrected chi connectivity index (χ0v) is 11.4. The number of amides is 1. The maximum atomic E-state index is 11.5. The summed E-state index contributed by atoms with van der Waals surface area (Å²) in [4.78, 5) is 22.0. The number of nitrogens with one attached hydrogen (secondary N) is 2. The first-order valence-corrected chi connectivity index (χ1v) is 6.15. The van der Waals surface area contributed by atoms with Gasteiger partial charge in [0.05, 0.1) is 6.54 Å². The van der Waals surface area contributed by atoms with Crippen molar-refractivity contribution in [1.29, 1.82) is 0 Å². The average Bonchev–Trinajstić information content (AvgIpc) is 2.38. The summed E-state index contributed by atoms with van der Waals surface area (Å²) >= 11 is 0. The molecule has 0 spiro atoms. The van der Waals surface area contributed by atoms with Gasteiger partial charge in [-0.15, -0.1) is 0 Å². The summed E-state index contributed by atoms with van der Waals surface area (Å²) in [7, 11) is 1.63. The molecule has 0 aliphatic rings. The lowest BCUT2D eigenvalue weighted by atomic mass is 10.3. The Labute approximate surface area is 108 Å². The number of anilines is 2. The van der Waals surface area contributed by atoms with Crippen molar-refractivity contribution >= 4 is 17.7 Å². The van der Waals surface area contributed by atoms with Crippen LogP contribution < -0.4 is 15.5 Å². The summed E-state index contributed by atoms with van der Waals surface area (Å²) in [6, 6.07) is 0. The highest BCUT2D eigenvalue weighted by Gasteiger charge is 2.13. The van der Waals surface area contributed by atoms with Crippen LogP contribution in [0.15, 0.2) is 6.20 Å². The van der Waals surface area contributed by atoms with E-state index in [0.29, 0.717) is 12.5 Å². The van der Waals surface area contributed by atoms with Crippen molar-refractivity contribution < 1.29 is 4.79 Å². The number of likely N-dealkylation sites (N-methyl/N-ethyl adjacent to an activating group) is 2. The predicted octanol–water partition coefficient (Wildman–Crippen LogP) is 0.789. The molecule has 1 aromatic rings. The van der Waals surface area contributed by atoms with Crippen LogP contribution in [0, 0.1) is 6.92 Å². The second-order valence-corrected chi connectivity index (χ2v) is 3.92. The van der Waals surface area contributed by atoms with E-state index in [1.54, 1.807) is 13.2 Å². The maximum absolute atomic E-state index is 11.5. The molecule has 1 amide bonds. The molecule has 0 bridgehead atoms. The number of hydrogen-bond donors (Lipinski definition) is 2. The Bertz CT molecular complexity index is 407. The van der Waals surface area contributed by atoms with Gasteiger partial charge in [-0.2, -0.15) is 4.98 Å². The van der Waals surface area contributed by atoms with Crippen molar-refractivity contribution in [2.75, 3.05) is 36.9 Å². The Morgan fingerprint density at radius 1 is 1.44 bits per heavy atom. The van der Waals surface area contributed by atoms with Gasteiger partial charge in [0.1, 0.15) is 5.82 Å². The molecule has 0 aromatic carbocycles. The molecule has 0 saturated carbocycles. The van der Waals surface area contributed by atoms with Gasteiger partial charge in [0.25, 0.3) is 0 Å². The Hall–Kier alpha value is -1.85. The van der Waals surface area contributed by atoms with Crippen LogP contribution in [0.1, 0.15) is 19.4 Å². The molecule has 1 aromatic heterocycles. The zero-order chi connectivity index (χ0) is 13.5. The molecular weight excluding hydrogens is 230 g/mol. The number of aryl methyl sites for hydroxylation is 1. The molecule has 0 saturated heterocycles. The smallest absolute Gasteiger partial charge is 0.239 e. The van der Waals surface area contributed by atoms with Gasteiger partial charge in [0.2, 0.25) is 11.9 Å². The van der Waals surface area contributed by atoms with Crippen LogP contribution in [0.4, 0.5) is 11.8 Å². The minimum atomic E-state index is -0.0279. The number of carbonyl (C=O) groups excluding carboxylic acids is 1. The van der Waals surface area contributed by atoms with E-state index < -0.39 is 0 Å². The van der Waals surface area contributed by atoms with Crippen molar-refractivity contribution in [3.8, 4) is 0 Å². The van der Waals surface area contributed by atoms with Crippen LogP contribution >= 0.6 is 0 Å². The number of nitrogens with zero attached hydrogens (tertiary/aromatic N) is 3. The van der Waals surface area contributed by atoms with Gasteiger partial charge in [-0.25, -0.2) is 4.98 Å². The van der Waals surface area contributed by atoms with Crippen LogP contribution in [-0.4, -0.2) is 42.6 Å². The average molecular weight is 251 g/mol. The van der Waals surface area contributed by atoms with Crippen molar-refractivity contribution in [1.82, 2.24) is 15.3 Å². The molecule has 1 heterocycles. The molecule has 0 fully saturated rings. The van der Waals surface area contributed by atoms with Crippen molar-refractivity contribution in [2.45, 2.75) is 20.8 Å². The molecular formula is C12H21N5O. The third-order valence-corrected chi connectivity index (χ3v) is 2.57. The van der Waals surface area contributed by atoms with Gasteiger partial charge >= 0.3 is 0 Å². The minimum absolute atomic E-state index is 0.0279. The van der Waals surface area contributed by atoms with Gasteiger partial charge in [-0.05, 0) is 20.8 Å². The van der Waals surface area contributed by atoms with Crippen molar-refractivity contribution in [2.24, 2.45) is 0 Å². The van der Waals surface area contributed by atoms with Crippen LogP contribution in [-0.2, 0) is 4.79 Å². The van der Waals surface area contributed by atoms with Crippen LogP contribution in [0.2, 0.25) is 0 Å². The third kappa shape index (κ3) is 3.58. The van der Waals surface area contributed by atoms with E-state index in [2.05, 4.69) is 20.6 Å². The molecule has 1 rings (SSSR count). The van der Waals surface area contributed by atoms with Crippen molar-refractivity contribution in [3.05, 3.63) is 11.8 Å². The van der Waals surface area contributed by atoms with Gasteiger partial charge in [0.15, 0.2) is 0 Å². The molecule has 0 unspecified atom stereocenters. The summed E-state index contributed by atoms with van der Waals surface area (Å²) in [5.41, 5.74) is 0.961. The summed E-state index contributed by atoms with van der Waals surface area (Å²) in [6.07, 6.45) is 1.77. The Morgan fingerprint density at radius 2 is 2.17 bits per heavy atom. The zero-order valence-electron chi connectivity index (χ0n) is 11.4. The molecule has 0 radical (unpaired) electrons. The lowest BCUT2D eigenvalue weighted by molar-refractivity contribution is -0.119. The summed E-state index contributed by atoms with van der Waals surface area (Å²) in [6.45, 7) is 7.72. The van der Waals surface area contributed by atoms with E-state index >= 15 is 0 Å². The number of aromatic nitrogens is 2. The Morgan fingerprint density at radius 3 is 2.72 bits per heavy atom. The Kier molecular flexibility index (Phi) is 5.35. The first-order valence-electron chi connectivity index (χ1n) is 6.15. The highest BCUT2D eigenvalue weighted by molar-refractivity contribution is 5.80. The van der Waals surface area contributed by atoms with Crippen LogP contribution in [0.25, 0.3) is 0 Å². The molecule has 6 nitrogen and oxygen atoms in total. The van der Waals surface area contributed by atoms with Crippen LogP contribution in [0.5, 0.6) is 0 Å². The molecule has 2 N–H and O–H groups in total. The lowest BCUT2D eigenvalue weighted by Gasteiger charge is -2.23. The second kappa shape index (κ2) is 6.78. The lowest BCUT2D eigenvalue weighted by Crippen LogP contribution is -2.36.